The molecule has 0 aliphatic heterocycles. The number of furan rings is 1. The standard InChI is InChI=1S/C27H16N2O/c1-3-7-24-20(5-1)22-14-23-21-6-2-4-8-26(21)30-27(23)15-25(22)29(24)19-10-9-18-16-28-12-11-17(18)13-19/h1-16H. The molecule has 0 fully saturated rings. The number of benzene rings is 4. The van der Waals surface area contributed by atoms with E-state index >= 15 is 0 Å². The smallest absolute Gasteiger partial charge is 0.137 e. The third kappa shape index (κ3) is 2.06. The molecule has 3 heteroatoms. The lowest BCUT2D eigenvalue weighted by atomic mass is 10.1. The Balaban J connectivity index is 1.65. The van der Waals surface area contributed by atoms with Gasteiger partial charge in [-0.25, -0.2) is 0 Å². The second kappa shape index (κ2) is 5.71. The molecule has 0 N–H and O–H groups in total. The van der Waals surface area contributed by atoms with Crippen molar-refractivity contribution in [1.29, 1.82) is 0 Å². The quantitative estimate of drug-likeness (QED) is 0.299. The van der Waals surface area contributed by atoms with Crippen molar-refractivity contribution in [3.63, 3.8) is 0 Å². The zero-order valence-electron chi connectivity index (χ0n) is 16.0. The van der Waals surface area contributed by atoms with Gasteiger partial charge in [0.05, 0.1) is 11.0 Å². The molecule has 0 unspecified atom stereocenters. The van der Waals surface area contributed by atoms with Crippen LogP contribution in [0.25, 0.3) is 60.2 Å². The normalized spacial score (nSPS) is 12.0. The van der Waals surface area contributed by atoms with E-state index in [1.165, 1.54) is 21.7 Å². The molecule has 0 saturated heterocycles. The fourth-order valence-corrected chi connectivity index (χ4v) is 4.68. The summed E-state index contributed by atoms with van der Waals surface area (Å²) in [6.07, 6.45) is 3.75. The molecule has 4 aromatic carbocycles. The minimum Gasteiger partial charge on any atom is -0.456 e. The predicted octanol–water partition coefficient (Wildman–Crippen LogP) is 7.23. The summed E-state index contributed by atoms with van der Waals surface area (Å²) in [5, 5.41) is 7.11. The zero-order valence-corrected chi connectivity index (χ0v) is 16.0. The first kappa shape index (κ1) is 15.8. The average molecular weight is 384 g/mol. The van der Waals surface area contributed by atoms with Crippen LogP contribution in [0.1, 0.15) is 0 Å². The molecule has 0 spiro atoms. The molecular formula is C27H16N2O. The lowest BCUT2D eigenvalue weighted by Crippen LogP contribution is -1.93. The Hall–Kier alpha value is -4.11. The van der Waals surface area contributed by atoms with Crippen LogP contribution in [-0.4, -0.2) is 9.55 Å². The number of nitrogens with zero attached hydrogens (tertiary/aromatic N) is 2. The van der Waals surface area contributed by atoms with Gasteiger partial charge in [0.15, 0.2) is 0 Å². The Morgan fingerprint density at radius 3 is 2.43 bits per heavy atom. The molecule has 7 aromatic rings. The highest BCUT2D eigenvalue weighted by atomic mass is 16.3. The lowest BCUT2D eigenvalue weighted by molar-refractivity contribution is 0.669. The van der Waals surface area contributed by atoms with Crippen LogP contribution in [0.4, 0.5) is 0 Å². The number of rotatable bonds is 1. The summed E-state index contributed by atoms with van der Waals surface area (Å²) in [4.78, 5) is 4.24. The van der Waals surface area contributed by atoms with Crippen molar-refractivity contribution in [1.82, 2.24) is 9.55 Å². The fraction of sp³-hybridized carbons (Fsp3) is 0. The Bertz CT molecular complexity index is 1750. The van der Waals surface area contributed by atoms with E-state index in [4.69, 9.17) is 4.42 Å². The molecule has 0 amide bonds. The molecule has 0 aliphatic rings. The highest BCUT2D eigenvalue weighted by molar-refractivity contribution is 6.17. The van der Waals surface area contributed by atoms with Gasteiger partial charge in [0.25, 0.3) is 0 Å². The maximum absolute atomic E-state index is 6.20. The maximum atomic E-state index is 6.20. The molecule has 0 saturated carbocycles. The minimum absolute atomic E-state index is 0.915. The number of aromatic nitrogens is 2. The zero-order chi connectivity index (χ0) is 19.7. The molecular weight excluding hydrogens is 368 g/mol. The Kier molecular flexibility index (Phi) is 3.00. The van der Waals surface area contributed by atoms with E-state index in [0.29, 0.717) is 0 Å². The monoisotopic (exact) mass is 384 g/mol. The van der Waals surface area contributed by atoms with Gasteiger partial charge in [-0.3, -0.25) is 4.98 Å². The van der Waals surface area contributed by atoms with Gasteiger partial charge in [-0.1, -0.05) is 42.5 Å². The van der Waals surface area contributed by atoms with E-state index < -0.39 is 0 Å². The van der Waals surface area contributed by atoms with Crippen LogP contribution in [-0.2, 0) is 0 Å². The summed E-state index contributed by atoms with van der Waals surface area (Å²) in [5.74, 6) is 0. The van der Waals surface area contributed by atoms with E-state index in [1.54, 1.807) is 0 Å². The van der Waals surface area contributed by atoms with Gasteiger partial charge in [-0.05, 0) is 41.8 Å². The molecule has 7 rings (SSSR count). The SMILES string of the molecule is c1ccc2c(c1)oc1cc3c(cc12)c1ccccc1n3-c1ccc2cnccc2c1. The molecule has 0 atom stereocenters. The first-order valence-corrected chi connectivity index (χ1v) is 10.1. The number of hydrogen-bond donors (Lipinski definition) is 0. The third-order valence-electron chi connectivity index (χ3n) is 6.05. The van der Waals surface area contributed by atoms with Gasteiger partial charge in [0.2, 0.25) is 0 Å². The van der Waals surface area contributed by atoms with E-state index in [9.17, 15) is 0 Å². The van der Waals surface area contributed by atoms with Crippen molar-refractivity contribution in [3.05, 3.63) is 97.3 Å². The van der Waals surface area contributed by atoms with Crippen molar-refractivity contribution >= 4 is 54.5 Å². The highest BCUT2D eigenvalue weighted by Crippen LogP contribution is 2.38. The second-order valence-electron chi connectivity index (χ2n) is 7.72. The Labute approximate surface area is 171 Å². The van der Waals surface area contributed by atoms with Gasteiger partial charge >= 0.3 is 0 Å². The maximum Gasteiger partial charge on any atom is 0.137 e. The predicted molar refractivity (Wildman–Crippen MR) is 123 cm³/mol. The van der Waals surface area contributed by atoms with Crippen molar-refractivity contribution in [2.45, 2.75) is 0 Å². The van der Waals surface area contributed by atoms with Gasteiger partial charge < -0.3 is 8.98 Å². The second-order valence-corrected chi connectivity index (χ2v) is 7.72. The van der Waals surface area contributed by atoms with Crippen LogP contribution in [0.2, 0.25) is 0 Å². The topological polar surface area (TPSA) is 31.0 Å². The van der Waals surface area contributed by atoms with Gasteiger partial charge in [-0.2, -0.15) is 0 Å². The van der Waals surface area contributed by atoms with Crippen LogP contribution in [0.15, 0.2) is 102 Å². The van der Waals surface area contributed by atoms with Crippen LogP contribution in [0.5, 0.6) is 0 Å². The summed E-state index contributed by atoms with van der Waals surface area (Å²) < 4.78 is 8.53. The number of pyridine rings is 1. The molecule has 0 radical (unpaired) electrons. The molecule has 30 heavy (non-hydrogen) atoms. The fourth-order valence-electron chi connectivity index (χ4n) is 4.68. The summed E-state index contributed by atoms with van der Waals surface area (Å²) >= 11 is 0. The summed E-state index contributed by atoms with van der Waals surface area (Å²) in [7, 11) is 0. The number of para-hydroxylation sites is 2. The first-order valence-electron chi connectivity index (χ1n) is 10.1. The largest absolute Gasteiger partial charge is 0.456 e. The minimum atomic E-state index is 0.915. The van der Waals surface area contributed by atoms with E-state index in [0.717, 1.165) is 38.5 Å². The van der Waals surface area contributed by atoms with Gasteiger partial charge in [-0.15, -0.1) is 0 Å². The van der Waals surface area contributed by atoms with Crippen LogP contribution in [0.3, 0.4) is 0 Å². The molecule has 3 heterocycles. The van der Waals surface area contributed by atoms with Crippen molar-refractivity contribution in [3.8, 4) is 5.69 Å². The van der Waals surface area contributed by atoms with Crippen LogP contribution in [0, 0.1) is 0 Å². The average Bonchev–Trinajstić information content (AvgIpc) is 3.32. The number of fused-ring (bicyclic) bond motifs is 7. The lowest BCUT2D eigenvalue weighted by Gasteiger charge is -2.09. The third-order valence-corrected chi connectivity index (χ3v) is 6.05. The van der Waals surface area contributed by atoms with Crippen molar-refractivity contribution in [2.75, 3.05) is 0 Å². The number of hydrogen-bond acceptors (Lipinski definition) is 2. The van der Waals surface area contributed by atoms with E-state index in [2.05, 4.69) is 82.3 Å². The van der Waals surface area contributed by atoms with Crippen LogP contribution >= 0.6 is 0 Å². The van der Waals surface area contributed by atoms with Gasteiger partial charge in [0, 0.05) is 51.1 Å². The summed E-state index contributed by atoms with van der Waals surface area (Å²) in [5.41, 5.74) is 5.32. The van der Waals surface area contributed by atoms with Crippen molar-refractivity contribution < 1.29 is 4.42 Å². The Morgan fingerprint density at radius 2 is 1.47 bits per heavy atom. The molecule has 0 bridgehead atoms. The summed E-state index contributed by atoms with van der Waals surface area (Å²) in [6, 6.07) is 29.9. The van der Waals surface area contributed by atoms with E-state index in [1.807, 2.05) is 24.5 Å². The molecule has 140 valence electrons. The molecule has 3 aromatic heterocycles. The Morgan fingerprint density at radius 1 is 0.600 bits per heavy atom. The van der Waals surface area contributed by atoms with Gasteiger partial charge in [0.1, 0.15) is 11.2 Å². The highest BCUT2D eigenvalue weighted by Gasteiger charge is 2.16. The summed E-state index contributed by atoms with van der Waals surface area (Å²) in [6.45, 7) is 0. The first-order chi connectivity index (χ1) is 14.9. The van der Waals surface area contributed by atoms with Crippen molar-refractivity contribution in [2.24, 2.45) is 0 Å². The van der Waals surface area contributed by atoms with E-state index in [-0.39, 0.29) is 0 Å². The molecule has 3 nitrogen and oxygen atoms in total. The van der Waals surface area contributed by atoms with Crippen LogP contribution < -0.4 is 0 Å². The molecule has 0 aliphatic carbocycles.